The van der Waals surface area contributed by atoms with Gasteiger partial charge in [0.15, 0.2) is 0 Å². The fourth-order valence-electron chi connectivity index (χ4n) is 0.993. The molecular formula is C9H16N2. The SMILES string of the molecule is CCC(C)CCn1ccnc1. The minimum atomic E-state index is 0.831. The number of rotatable bonds is 4. The van der Waals surface area contributed by atoms with Crippen molar-refractivity contribution in [1.29, 1.82) is 0 Å². The van der Waals surface area contributed by atoms with Gasteiger partial charge in [-0.1, -0.05) is 20.3 Å². The van der Waals surface area contributed by atoms with Crippen LogP contribution in [0.2, 0.25) is 0 Å². The van der Waals surface area contributed by atoms with Crippen molar-refractivity contribution in [2.75, 3.05) is 0 Å². The highest BCUT2D eigenvalue weighted by Crippen LogP contribution is 2.07. The third kappa shape index (κ3) is 2.74. The first kappa shape index (κ1) is 8.31. The van der Waals surface area contributed by atoms with Crippen LogP contribution in [-0.4, -0.2) is 9.55 Å². The van der Waals surface area contributed by atoms with E-state index in [1.807, 2.05) is 18.7 Å². The van der Waals surface area contributed by atoms with Crippen molar-refractivity contribution >= 4 is 0 Å². The van der Waals surface area contributed by atoms with E-state index < -0.39 is 0 Å². The van der Waals surface area contributed by atoms with Gasteiger partial charge in [0.25, 0.3) is 0 Å². The first-order valence-corrected chi connectivity index (χ1v) is 4.28. The van der Waals surface area contributed by atoms with Gasteiger partial charge < -0.3 is 4.57 Å². The summed E-state index contributed by atoms with van der Waals surface area (Å²) in [7, 11) is 0. The molecule has 0 saturated heterocycles. The van der Waals surface area contributed by atoms with E-state index in [1.54, 1.807) is 0 Å². The maximum atomic E-state index is 3.99. The van der Waals surface area contributed by atoms with Crippen LogP contribution < -0.4 is 0 Å². The Morgan fingerprint density at radius 1 is 1.55 bits per heavy atom. The van der Waals surface area contributed by atoms with Gasteiger partial charge in [-0.15, -0.1) is 0 Å². The second-order valence-electron chi connectivity index (χ2n) is 3.10. The topological polar surface area (TPSA) is 17.8 Å². The number of aryl methyl sites for hydroxylation is 1. The lowest BCUT2D eigenvalue weighted by Gasteiger charge is -2.07. The van der Waals surface area contributed by atoms with Gasteiger partial charge in [-0.05, 0) is 12.3 Å². The van der Waals surface area contributed by atoms with E-state index in [-0.39, 0.29) is 0 Å². The molecule has 2 nitrogen and oxygen atoms in total. The fraction of sp³-hybridized carbons (Fsp3) is 0.667. The molecule has 0 fully saturated rings. The van der Waals surface area contributed by atoms with Gasteiger partial charge >= 0.3 is 0 Å². The molecule has 0 N–H and O–H groups in total. The molecule has 0 aromatic carbocycles. The molecule has 0 saturated carbocycles. The molecule has 0 radical (unpaired) electrons. The van der Waals surface area contributed by atoms with Crippen molar-refractivity contribution in [1.82, 2.24) is 9.55 Å². The smallest absolute Gasteiger partial charge is 0.0945 e. The number of imidazole rings is 1. The Kier molecular flexibility index (Phi) is 3.14. The molecule has 0 aliphatic rings. The second-order valence-corrected chi connectivity index (χ2v) is 3.10. The Bertz CT molecular complexity index is 179. The van der Waals surface area contributed by atoms with Crippen LogP contribution in [0.4, 0.5) is 0 Å². The molecule has 62 valence electrons. The maximum Gasteiger partial charge on any atom is 0.0945 e. The summed E-state index contributed by atoms with van der Waals surface area (Å²) in [4.78, 5) is 3.99. The lowest BCUT2D eigenvalue weighted by atomic mass is 10.1. The van der Waals surface area contributed by atoms with Crippen LogP contribution in [0, 0.1) is 5.92 Å². The van der Waals surface area contributed by atoms with E-state index in [4.69, 9.17) is 0 Å². The van der Waals surface area contributed by atoms with Crippen LogP contribution in [0.3, 0.4) is 0 Å². The quantitative estimate of drug-likeness (QED) is 0.647. The summed E-state index contributed by atoms with van der Waals surface area (Å²) in [5.41, 5.74) is 0. The number of nitrogens with zero attached hydrogens (tertiary/aromatic N) is 2. The Hall–Kier alpha value is -0.790. The third-order valence-corrected chi connectivity index (χ3v) is 2.14. The van der Waals surface area contributed by atoms with Crippen molar-refractivity contribution in [2.24, 2.45) is 5.92 Å². The summed E-state index contributed by atoms with van der Waals surface area (Å²) >= 11 is 0. The Morgan fingerprint density at radius 3 is 2.91 bits per heavy atom. The van der Waals surface area contributed by atoms with Crippen molar-refractivity contribution in [3.05, 3.63) is 18.7 Å². The molecule has 2 heteroatoms. The number of hydrogen-bond acceptors (Lipinski definition) is 1. The van der Waals surface area contributed by atoms with Gasteiger partial charge in [0.1, 0.15) is 0 Å². The molecule has 1 aromatic heterocycles. The molecule has 1 heterocycles. The molecule has 1 aromatic rings. The first-order chi connectivity index (χ1) is 5.33. The average Bonchev–Trinajstić information content (AvgIpc) is 2.52. The summed E-state index contributed by atoms with van der Waals surface area (Å²) in [6.07, 6.45) is 8.25. The Morgan fingerprint density at radius 2 is 2.36 bits per heavy atom. The van der Waals surface area contributed by atoms with Gasteiger partial charge in [-0.25, -0.2) is 4.98 Å². The average molecular weight is 152 g/mol. The summed E-state index contributed by atoms with van der Waals surface area (Å²) in [6, 6.07) is 0. The normalized spacial score (nSPS) is 13.3. The molecule has 11 heavy (non-hydrogen) atoms. The molecule has 1 rings (SSSR count). The van der Waals surface area contributed by atoms with Gasteiger partial charge in [0.05, 0.1) is 6.33 Å². The van der Waals surface area contributed by atoms with Crippen molar-refractivity contribution < 1.29 is 0 Å². The van der Waals surface area contributed by atoms with Crippen LogP contribution in [0.5, 0.6) is 0 Å². The van der Waals surface area contributed by atoms with Crippen LogP contribution in [0.25, 0.3) is 0 Å². The van der Waals surface area contributed by atoms with Crippen molar-refractivity contribution in [3.8, 4) is 0 Å². The zero-order chi connectivity index (χ0) is 8.10. The fourth-order valence-corrected chi connectivity index (χ4v) is 0.993. The highest BCUT2D eigenvalue weighted by Gasteiger charge is 1.97. The largest absolute Gasteiger partial charge is 0.337 e. The van der Waals surface area contributed by atoms with E-state index in [2.05, 4.69) is 23.4 Å². The summed E-state index contributed by atoms with van der Waals surface area (Å²) in [5, 5.41) is 0. The van der Waals surface area contributed by atoms with E-state index in [1.165, 1.54) is 12.8 Å². The molecule has 0 spiro atoms. The predicted octanol–water partition coefficient (Wildman–Crippen LogP) is 2.32. The monoisotopic (exact) mass is 152 g/mol. The standard InChI is InChI=1S/C9H16N2/c1-3-9(2)4-6-11-7-5-10-8-11/h5,7-9H,3-4,6H2,1-2H3. The highest BCUT2D eigenvalue weighted by molar-refractivity contribution is 4.73. The third-order valence-electron chi connectivity index (χ3n) is 2.14. The van der Waals surface area contributed by atoms with Gasteiger partial charge in [-0.2, -0.15) is 0 Å². The Labute approximate surface area is 68.3 Å². The van der Waals surface area contributed by atoms with Crippen LogP contribution in [-0.2, 0) is 6.54 Å². The van der Waals surface area contributed by atoms with Crippen LogP contribution in [0.1, 0.15) is 26.7 Å². The van der Waals surface area contributed by atoms with Gasteiger partial charge in [-0.3, -0.25) is 0 Å². The van der Waals surface area contributed by atoms with E-state index >= 15 is 0 Å². The lowest BCUT2D eigenvalue weighted by molar-refractivity contribution is 0.468. The minimum absolute atomic E-state index is 0.831. The van der Waals surface area contributed by atoms with E-state index in [0.29, 0.717) is 0 Å². The van der Waals surface area contributed by atoms with E-state index in [9.17, 15) is 0 Å². The maximum absolute atomic E-state index is 3.99. The molecular weight excluding hydrogens is 136 g/mol. The lowest BCUT2D eigenvalue weighted by Crippen LogP contribution is -2.00. The predicted molar refractivity (Wildman–Crippen MR) is 46.3 cm³/mol. The van der Waals surface area contributed by atoms with Crippen molar-refractivity contribution in [2.45, 2.75) is 33.2 Å². The number of aromatic nitrogens is 2. The van der Waals surface area contributed by atoms with Crippen LogP contribution >= 0.6 is 0 Å². The van der Waals surface area contributed by atoms with Gasteiger partial charge in [0.2, 0.25) is 0 Å². The minimum Gasteiger partial charge on any atom is -0.337 e. The van der Waals surface area contributed by atoms with Crippen LogP contribution in [0.15, 0.2) is 18.7 Å². The molecule has 1 atom stereocenters. The summed E-state index contributed by atoms with van der Waals surface area (Å²) < 4.78 is 2.13. The molecule has 0 aliphatic heterocycles. The van der Waals surface area contributed by atoms with Crippen molar-refractivity contribution in [3.63, 3.8) is 0 Å². The number of hydrogen-bond donors (Lipinski definition) is 0. The molecule has 0 aliphatic carbocycles. The molecule has 0 bridgehead atoms. The van der Waals surface area contributed by atoms with E-state index in [0.717, 1.165) is 12.5 Å². The van der Waals surface area contributed by atoms with Gasteiger partial charge in [0, 0.05) is 18.9 Å². The molecule has 0 amide bonds. The Balaban J connectivity index is 2.23. The molecule has 1 unspecified atom stereocenters. The zero-order valence-corrected chi connectivity index (χ0v) is 7.33. The first-order valence-electron chi connectivity index (χ1n) is 4.28. The summed E-state index contributed by atoms with van der Waals surface area (Å²) in [5.74, 6) is 0.831. The zero-order valence-electron chi connectivity index (χ0n) is 7.33. The summed E-state index contributed by atoms with van der Waals surface area (Å²) in [6.45, 7) is 5.63. The second kappa shape index (κ2) is 4.16. The highest BCUT2D eigenvalue weighted by atomic mass is 15.0.